The first-order valence-corrected chi connectivity index (χ1v) is 9.11. The molecule has 1 aromatic heterocycles. The van der Waals surface area contributed by atoms with Gasteiger partial charge >= 0.3 is 0 Å². The van der Waals surface area contributed by atoms with Crippen LogP contribution in [0.4, 0.5) is 0 Å². The monoisotopic (exact) mass is 379 g/mol. The topological polar surface area (TPSA) is 42.4 Å². The molecule has 0 saturated carbocycles. The zero-order valence-electron chi connectivity index (χ0n) is 14.5. The standard InChI is InChI=1S/C20H23Cl2NO2/c1-3-4-11-25-12-9-20(24,16-6-5-10-23-14-16)15(2)18-8-7-17(21)13-19(18)22/h5-10,12-15,24H,3-4,11H2,1-2H3. The summed E-state index contributed by atoms with van der Waals surface area (Å²) in [5, 5.41) is 12.5. The molecule has 3 nitrogen and oxygen atoms in total. The van der Waals surface area contributed by atoms with E-state index in [9.17, 15) is 5.11 Å². The van der Waals surface area contributed by atoms with Crippen LogP contribution in [-0.2, 0) is 10.3 Å². The summed E-state index contributed by atoms with van der Waals surface area (Å²) in [6.45, 7) is 4.63. The van der Waals surface area contributed by atoms with Crippen molar-refractivity contribution in [1.82, 2.24) is 4.98 Å². The number of unbranched alkanes of at least 4 members (excludes halogenated alkanes) is 1. The van der Waals surface area contributed by atoms with Crippen LogP contribution >= 0.6 is 23.2 Å². The summed E-state index contributed by atoms with van der Waals surface area (Å²) in [6, 6.07) is 8.92. The fourth-order valence-corrected chi connectivity index (χ4v) is 3.20. The molecule has 1 heterocycles. The minimum absolute atomic E-state index is 0.326. The summed E-state index contributed by atoms with van der Waals surface area (Å²) < 4.78 is 5.51. The number of hydrogen-bond acceptors (Lipinski definition) is 3. The van der Waals surface area contributed by atoms with Crippen LogP contribution in [-0.4, -0.2) is 16.7 Å². The molecule has 1 aromatic carbocycles. The van der Waals surface area contributed by atoms with Gasteiger partial charge in [0.05, 0.1) is 12.9 Å². The molecule has 0 aliphatic carbocycles. The van der Waals surface area contributed by atoms with Gasteiger partial charge in [-0.15, -0.1) is 0 Å². The van der Waals surface area contributed by atoms with Gasteiger partial charge in [0.1, 0.15) is 5.60 Å². The van der Waals surface area contributed by atoms with Crippen LogP contribution in [0.5, 0.6) is 0 Å². The zero-order valence-corrected chi connectivity index (χ0v) is 16.0. The molecule has 5 heteroatoms. The predicted molar refractivity (Wildman–Crippen MR) is 103 cm³/mol. The van der Waals surface area contributed by atoms with Crippen molar-refractivity contribution in [3.05, 3.63) is 76.2 Å². The minimum Gasteiger partial charge on any atom is -0.501 e. The Hall–Kier alpha value is -1.55. The predicted octanol–water partition coefficient (Wildman–Crippen LogP) is 5.71. The lowest BCUT2D eigenvalue weighted by Crippen LogP contribution is -2.30. The van der Waals surface area contributed by atoms with E-state index in [-0.39, 0.29) is 5.92 Å². The minimum atomic E-state index is -1.31. The highest BCUT2D eigenvalue weighted by Crippen LogP contribution is 2.41. The maximum atomic E-state index is 11.5. The van der Waals surface area contributed by atoms with E-state index in [1.165, 1.54) is 0 Å². The number of ether oxygens (including phenoxy) is 1. The Bertz CT molecular complexity index is 706. The number of pyridine rings is 1. The fourth-order valence-electron chi connectivity index (χ4n) is 2.63. The normalized spacial score (nSPS) is 15.1. The highest BCUT2D eigenvalue weighted by Gasteiger charge is 2.35. The van der Waals surface area contributed by atoms with Gasteiger partial charge in [-0.2, -0.15) is 0 Å². The molecule has 134 valence electrons. The van der Waals surface area contributed by atoms with Crippen LogP contribution in [0.1, 0.15) is 43.7 Å². The van der Waals surface area contributed by atoms with E-state index in [0.29, 0.717) is 22.2 Å². The highest BCUT2D eigenvalue weighted by atomic mass is 35.5. The molecule has 0 aliphatic rings. The lowest BCUT2D eigenvalue weighted by atomic mass is 9.79. The summed E-state index contributed by atoms with van der Waals surface area (Å²) in [5.74, 6) is -0.326. The molecule has 2 rings (SSSR count). The van der Waals surface area contributed by atoms with Crippen molar-refractivity contribution < 1.29 is 9.84 Å². The third kappa shape index (κ3) is 4.97. The molecule has 0 fully saturated rings. The van der Waals surface area contributed by atoms with E-state index in [4.69, 9.17) is 27.9 Å². The Labute approximate surface area is 159 Å². The summed E-state index contributed by atoms with van der Waals surface area (Å²) in [4.78, 5) is 4.13. The van der Waals surface area contributed by atoms with Gasteiger partial charge in [-0.3, -0.25) is 4.98 Å². The Kier molecular flexibility index (Phi) is 7.30. The van der Waals surface area contributed by atoms with E-state index in [0.717, 1.165) is 18.4 Å². The number of halogens is 2. The molecule has 2 unspecified atom stereocenters. The second-order valence-corrected chi connectivity index (χ2v) is 6.83. The van der Waals surface area contributed by atoms with Crippen LogP contribution in [0.15, 0.2) is 55.1 Å². The Morgan fingerprint density at radius 2 is 2.12 bits per heavy atom. The number of nitrogens with zero attached hydrogens (tertiary/aromatic N) is 1. The number of benzene rings is 1. The van der Waals surface area contributed by atoms with Crippen molar-refractivity contribution in [2.45, 2.75) is 38.2 Å². The first-order valence-electron chi connectivity index (χ1n) is 8.36. The van der Waals surface area contributed by atoms with Gasteiger partial charge in [0, 0.05) is 33.9 Å². The van der Waals surface area contributed by atoms with Crippen molar-refractivity contribution in [2.24, 2.45) is 0 Å². The van der Waals surface area contributed by atoms with Gasteiger partial charge in [0.2, 0.25) is 0 Å². The third-order valence-corrected chi connectivity index (χ3v) is 4.81. The summed E-state index contributed by atoms with van der Waals surface area (Å²) >= 11 is 12.3. The Morgan fingerprint density at radius 1 is 1.32 bits per heavy atom. The van der Waals surface area contributed by atoms with Crippen molar-refractivity contribution in [2.75, 3.05) is 6.61 Å². The fraction of sp³-hybridized carbons (Fsp3) is 0.350. The number of rotatable bonds is 8. The van der Waals surface area contributed by atoms with Crippen LogP contribution in [0.3, 0.4) is 0 Å². The van der Waals surface area contributed by atoms with E-state index in [1.54, 1.807) is 42.9 Å². The van der Waals surface area contributed by atoms with E-state index < -0.39 is 5.60 Å². The molecule has 2 aromatic rings. The maximum absolute atomic E-state index is 11.5. The van der Waals surface area contributed by atoms with Gasteiger partial charge in [-0.05, 0) is 36.3 Å². The van der Waals surface area contributed by atoms with Gasteiger partial charge in [0.25, 0.3) is 0 Å². The first kappa shape index (κ1) is 19.8. The van der Waals surface area contributed by atoms with Gasteiger partial charge in [0.15, 0.2) is 0 Å². The van der Waals surface area contributed by atoms with Crippen molar-refractivity contribution in [3.63, 3.8) is 0 Å². The SMILES string of the molecule is CCCCOC=CC(O)(c1cccnc1)C(C)c1ccc(Cl)cc1Cl. The van der Waals surface area contributed by atoms with E-state index >= 15 is 0 Å². The smallest absolute Gasteiger partial charge is 0.119 e. The molecule has 0 saturated heterocycles. The van der Waals surface area contributed by atoms with Crippen LogP contribution in [0.25, 0.3) is 0 Å². The lowest BCUT2D eigenvalue weighted by Gasteiger charge is -2.32. The van der Waals surface area contributed by atoms with Crippen LogP contribution < -0.4 is 0 Å². The second kappa shape index (κ2) is 9.23. The third-order valence-electron chi connectivity index (χ3n) is 4.25. The average molecular weight is 380 g/mol. The van der Waals surface area contributed by atoms with Crippen molar-refractivity contribution in [1.29, 1.82) is 0 Å². The number of aromatic nitrogens is 1. The van der Waals surface area contributed by atoms with Gasteiger partial charge < -0.3 is 9.84 Å². The molecular weight excluding hydrogens is 357 g/mol. The van der Waals surface area contributed by atoms with E-state index in [2.05, 4.69) is 11.9 Å². The van der Waals surface area contributed by atoms with Crippen molar-refractivity contribution >= 4 is 23.2 Å². The second-order valence-electron chi connectivity index (χ2n) is 5.98. The Balaban J connectivity index is 2.36. The molecule has 0 amide bonds. The quantitative estimate of drug-likeness (QED) is 0.471. The highest BCUT2D eigenvalue weighted by molar-refractivity contribution is 6.35. The molecule has 2 atom stereocenters. The average Bonchev–Trinajstić information content (AvgIpc) is 2.61. The molecule has 0 spiro atoms. The lowest BCUT2D eigenvalue weighted by molar-refractivity contribution is 0.0597. The molecule has 0 aliphatic heterocycles. The molecule has 0 radical (unpaired) electrons. The Morgan fingerprint density at radius 3 is 2.76 bits per heavy atom. The first-order chi connectivity index (χ1) is 12.0. The van der Waals surface area contributed by atoms with Crippen LogP contribution in [0.2, 0.25) is 10.0 Å². The molecule has 1 N–H and O–H groups in total. The van der Waals surface area contributed by atoms with Crippen LogP contribution in [0, 0.1) is 0 Å². The molecular formula is C20H23Cl2NO2. The number of aliphatic hydroxyl groups is 1. The van der Waals surface area contributed by atoms with Crippen molar-refractivity contribution in [3.8, 4) is 0 Å². The summed E-state index contributed by atoms with van der Waals surface area (Å²) in [6.07, 6.45) is 8.56. The maximum Gasteiger partial charge on any atom is 0.119 e. The summed E-state index contributed by atoms with van der Waals surface area (Å²) in [5.41, 5.74) is 0.164. The number of hydrogen-bond donors (Lipinski definition) is 1. The van der Waals surface area contributed by atoms with Gasteiger partial charge in [-0.1, -0.05) is 55.6 Å². The van der Waals surface area contributed by atoms with Gasteiger partial charge in [-0.25, -0.2) is 0 Å². The molecule has 25 heavy (non-hydrogen) atoms. The largest absolute Gasteiger partial charge is 0.501 e. The molecule has 0 bridgehead atoms. The van der Waals surface area contributed by atoms with E-state index in [1.807, 2.05) is 19.1 Å². The summed E-state index contributed by atoms with van der Waals surface area (Å²) in [7, 11) is 0. The zero-order chi connectivity index (χ0) is 18.3.